The maximum absolute atomic E-state index is 13.2. The van der Waals surface area contributed by atoms with Crippen molar-refractivity contribution in [3.63, 3.8) is 0 Å². The number of anilines is 2. The lowest BCUT2D eigenvalue weighted by atomic mass is 10.1. The average molecular weight is 390 g/mol. The first-order chi connectivity index (χ1) is 13.5. The van der Waals surface area contributed by atoms with Gasteiger partial charge in [-0.15, -0.1) is 0 Å². The lowest BCUT2D eigenvalue weighted by Crippen LogP contribution is -2.13. The molecular formula is C21H14N2O4S. The van der Waals surface area contributed by atoms with Gasteiger partial charge in [0.05, 0.1) is 10.6 Å². The topological polar surface area (TPSA) is 95.5 Å². The van der Waals surface area contributed by atoms with Gasteiger partial charge in [-0.3, -0.25) is 9.52 Å². The molecule has 0 aromatic heterocycles. The van der Waals surface area contributed by atoms with E-state index in [0.29, 0.717) is 38.5 Å². The Bertz CT molecular complexity index is 1410. The molecule has 5 rings (SSSR count). The third-order valence-electron chi connectivity index (χ3n) is 4.93. The highest BCUT2D eigenvalue weighted by molar-refractivity contribution is 7.93. The number of nitrogens with one attached hydrogen (secondary N) is 2. The van der Waals surface area contributed by atoms with E-state index in [2.05, 4.69) is 10.0 Å². The Morgan fingerprint density at radius 1 is 0.821 bits per heavy atom. The molecule has 0 bridgehead atoms. The third kappa shape index (κ3) is 2.33. The Morgan fingerprint density at radius 2 is 1.57 bits per heavy atom. The van der Waals surface area contributed by atoms with Crippen molar-refractivity contribution in [1.82, 2.24) is 0 Å². The zero-order valence-electron chi connectivity index (χ0n) is 14.4. The SMILES string of the molecule is O=C1Nc2ccc(S(=O)(=O)Nc3ccc(O)c4ccccc34)c3cccc1c23. The largest absolute Gasteiger partial charge is 0.507 e. The van der Waals surface area contributed by atoms with Gasteiger partial charge in [0, 0.05) is 32.8 Å². The van der Waals surface area contributed by atoms with Crippen LogP contribution in [0.15, 0.2) is 71.6 Å². The highest BCUT2D eigenvalue weighted by Gasteiger charge is 2.26. The number of hydrogen-bond donors (Lipinski definition) is 3. The first kappa shape index (κ1) is 16.6. The standard InChI is InChI=1S/C21H14N2O4S/c24-18-10-8-16(12-4-1-2-5-13(12)18)23-28(26,27)19-11-9-17-20-14(19)6-3-7-15(20)21(25)22-17/h1-11,23-24H,(H,22,25). The lowest BCUT2D eigenvalue weighted by molar-refractivity contribution is 0.103. The van der Waals surface area contributed by atoms with Crippen LogP contribution in [0.1, 0.15) is 10.4 Å². The molecule has 1 heterocycles. The first-order valence-electron chi connectivity index (χ1n) is 8.56. The molecule has 0 saturated carbocycles. The van der Waals surface area contributed by atoms with Crippen molar-refractivity contribution in [3.8, 4) is 5.75 Å². The van der Waals surface area contributed by atoms with Crippen LogP contribution in [0.4, 0.5) is 11.4 Å². The molecule has 0 unspecified atom stereocenters. The molecule has 3 N–H and O–H groups in total. The Labute approximate surface area is 160 Å². The number of sulfonamides is 1. The van der Waals surface area contributed by atoms with Crippen molar-refractivity contribution >= 4 is 48.9 Å². The number of amides is 1. The van der Waals surface area contributed by atoms with Crippen LogP contribution < -0.4 is 10.0 Å². The van der Waals surface area contributed by atoms with Gasteiger partial charge in [-0.2, -0.15) is 0 Å². The quantitative estimate of drug-likeness (QED) is 0.460. The molecule has 4 aromatic carbocycles. The van der Waals surface area contributed by atoms with E-state index >= 15 is 0 Å². The smallest absolute Gasteiger partial charge is 0.262 e. The monoisotopic (exact) mass is 390 g/mol. The minimum atomic E-state index is -3.94. The zero-order chi connectivity index (χ0) is 19.5. The predicted octanol–water partition coefficient (Wildman–Crippen LogP) is 4.07. The number of rotatable bonds is 3. The summed E-state index contributed by atoms with van der Waals surface area (Å²) in [5, 5.41) is 15.0. The summed E-state index contributed by atoms with van der Waals surface area (Å²) in [4.78, 5) is 12.2. The molecule has 1 aliphatic rings. The van der Waals surface area contributed by atoms with Crippen molar-refractivity contribution in [2.45, 2.75) is 4.90 Å². The van der Waals surface area contributed by atoms with Gasteiger partial charge in [-0.1, -0.05) is 36.4 Å². The summed E-state index contributed by atoms with van der Waals surface area (Å²) >= 11 is 0. The molecule has 0 spiro atoms. The summed E-state index contributed by atoms with van der Waals surface area (Å²) in [7, 11) is -3.94. The van der Waals surface area contributed by atoms with Gasteiger partial charge >= 0.3 is 0 Å². The second-order valence-electron chi connectivity index (χ2n) is 6.58. The number of hydrogen-bond acceptors (Lipinski definition) is 4. The summed E-state index contributed by atoms with van der Waals surface area (Å²) in [6, 6.07) is 18.1. The van der Waals surface area contributed by atoms with E-state index in [-0.39, 0.29) is 16.6 Å². The zero-order valence-corrected chi connectivity index (χ0v) is 15.2. The summed E-state index contributed by atoms with van der Waals surface area (Å²) in [6.45, 7) is 0. The molecule has 28 heavy (non-hydrogen) atoms. The van der Waals surface area contributed by atoms with Gasteiger partial charge in [0.25, 0.3) is 15.9 Å². The van der Waals surface area contributed by atoms with Gasteiger partial charge < -0.3 is 10.4 Å². The predicted molar refractivity (Wildman–Crippen MR) is 108 cm³/mol. The Hall–Kier alpha value is -3.58. The van der Waals surface area contributed by atoms with Crippen LogP contribution in [0, 0.1) is 0 Å². The Balaban J connectivity index is 1.69. The second-order valence-corrected chi connectivity index (χ2v) is 8.23. The van der Waals surface area contributed by atoms with Crippen molar-refractivity contribution in [2.75, 3.05) is 10.0 Å². The fraction of sp³-hybridized carbons (Fsp3) is 0. The summed E-state index contributed by atoms with van der Waals surface area (Å²) < 4.78 is 29.0. The number of carbonyl (C=O) groups is 1. The number of aromatic hydroxyl groups is 1. The van der Waals surface area contributed by atoms with Crippen molar-refractivity contribution < 1.29 is 18.3 Å². The van der Waals surface area contributed by atoms with E-state index in [9.17, 15) is 18.3 Å². The summed E-state index contributed by atoms with van der Waals surface area (Å²) in [5.41, 5.74) is 1.43. The number of phenols is 1. The molecule has 0 fully saturated rings. The van der Waals surface area contributed by atoms with Crippen LogP contribution in [-0.2, 0) is 10.0 Å². The van der Waals surface area contributed by atoms with Gasteiger partial charge in [0.2, 0.25) is 0 Å². The van der Waals surface area contributed by atoms with Crippen LogP contribution in [0.2, 0.25) is 0 Å². The number of benzene rings is 4. The molecule has 0 radical (unpaired) electrons. The molecule has 138 valence electrons. The minimum Gasteiger partial charge on any atom is -0.507 e. The van der Waals surface area contributed by atoms with E-state index in [4.69, 9.17) is 0 Å². The Morgan fingerprint density at radius 3 is 2.39 bits per heavy atom. The number of phenolic OH excluding ortho intramolecular Hbond substituents is 1. The van der Waals surface area contributed by atoms with Gasteiger partial charge in [-0.05, 0) is 30.3 Å². The molecular weight excluding hydrogens is 376 g/mol. The fourth-order valence-corrected chi connectivity index (χ4v) is 4.95. The van der Waals surface area contributed by atoms with Crippen LogP contribution in [-0.4, -0.2) is 19.4 Å². The lowest BCUT2D eigenvalue weighted by Gasteiger charge is -2.13. The Kier molecular flexibility index (Phi) is 3.38. The molecule has 4 aromatic rings. The highest BCUT2D eigenvalue weighted by Crippen LogP contribution is 2.38. The molecule has 1 aliphatic heterocycles. The van der Waals surface area contributed by atoms with Gasteiger partial charge in [0.1, 0.15) is 5.75 Å². The van der Waals surface area contributed by atoms with E-state index in [1.54, 1.807) is 48.5 Å². The molecule has 0 atom stereocenters. The number of fused-ring (bicyclic) bond motifs is 1. The van der Waals surface area contributed by atoms with E-state index in [0.717, 1.165) is 0 Å². The summed E-state index contributed by atoms with van der Waals surface area (Å²) in [5.74, 6) is -0.166. The maximum Gasteiger partial charge on any atom is 0.262 e. The average Bonchev–Trinajstić information content (AvgIpc) is 3.02. The van der Waals surface area contributed by atoms with Crippen LogP contribution in [0.25, 0.3) is 21.5 Å². The highest BCUT2D eigenvalue weighted by atomic mass is 32.2. The first-order valence-corrected chi connectivity index (χ1v) is 10.0. The van der Waals surface area contributed by atoms with Gasteiger partial charge in [0.15, 0.2) is 0 Å². The van der Waals surface area contributed by atoms with E-state index in [1.165, 1.54) is 18.2 Å². The molecule has 0 saturated heterocycles. The molecule has 1 amide bonds. The fourth-order valence-electron chi connectivity index (χ4n) is 3.67. The molecule has 0 aliphatic carbocycles. The van der Waals surface area contributed by atoms with Crippen LogP contribution in [0.5, 0.6) is 5.75 Å². The summed E-state index contributed by atoms with van der Waals surface area (Å²) in [6.07, 6.45) is 0. The normalized spacial score (nSPS) is 13.1. The van der Waals surface area contributed by atoms with Crippen LogP contribution in [0.3, 0.4) is 0 Å². The second kappa shape index (κ2) is 5.71. The van der Waals surface area contributed by atoms with E-state index < -0.39 is 10.0 Å². The van der Waals surface area contributed by atoms with E-state index in [1.807, 2.05) is 0 Å². The van der Waals surface area contributed by atoms with Crippen molar-refractivity contribution in [2.24, 2.45) is 0 Å². The van der Waals surface area contributed by atoms with Crippen molar-refractivity contribution in [1.29, 1.82) is 0 Å². The van der Waals surface area contributed by atoms with Crippen molar-refractivity contribution in [3.05, 3.63) is 72.3 Å². The number of carbonyl (C=O) groups excluding carboxylic acids is 1. The molecule has 7 heteroatoms. The third-order valence-corrected chi connectivity index (χ3v) is 6.35. The maximum atomic E-state index is 13.2. The van der Waals surface area contributed by atoms with Gasteiger partial charge in [-0.25, -0.2) is 8.42 Å². The van der Waals surface area contributed by atoms with Crippen LogP contribution >= 0.6 is 0 Å². The minimum absolute atomic E-state index is 0.0773. The molecule has 6 nitrogen and oxygen atoms in total.